The van der Waals surface area contributed by atoms with Crippen molar-refractivity contribution < 1.29 is 23.8 Å². The Morgan fingerprint density at radius 3 is 1.69 bits per heavy atom. The van der Waals surface area contributed by atoms with Crippen LogP contribution in [0.15, 0.2) is 72.8 Å². The van der Waals surface area contributed by atoms with Crippen LogP contribution in [0.5, 0.6) is 23.0 Å². The molecule has 0 unspecified atom stereocenters. The molecule has 0 radical (unpaired) electrons. The maximum atomic E-state index is 11.8. The van der Waals surface area contributed by atoms with E-state index < -0.39 is 11.9 Å². The van der Waals surface area contributed by atoms with Gasteiger partial charge in [0.1, 0.15) is 23.0 Å². The second kappa shape index (κ2) is 7.64. The van der Waals surface area contributed by atoms with E-state index in [0.717, 1.165) is 0 Å². The Balaban J connectivity index is 1.99. The third-order valence-electron chi connectivity index (χ3n) is 4.37. The van der Waals surface area contributed by atoms with Crippen molar-refractivity contribution in [3.8, 4) is 23.0 Å². The fourth-order valence-electron chi connectivity index (χ4n) is 3.27. The van der Waals surface area contributed by atoms with Crippen LogP contribution >= 0.6 is 0 Å². The van der Waals surface area contributed by atoms with Crippen LogP contribution in [0.2, 0.25) is 0 Å². The van der Waals surface area contributed by atoms with Gasteiger partial charge in [0.25, 0.3) is 0 Å². The number of rotatable bonds is 4. The molecule has 5 nitrogen and oxygen atoms in total. The van der Waals surface area contributed by atoms with Gasteiger partial charge in [-0.1, -0.05) is 42.5 Å². The number of hydrogen-bond acceptors (Lipinski definition) is 5. The summed E-state index contributed by atoms with van der Waals surface area (Å²) in [5, 5.41) is 2.62. The molecule has 4 aromatic carbocycles. The average Bonchev–Trinajstić information content (AvgIpc) is 2.70. The van der Waals surface area contributed by atoms with E-state index >= 15 is 0 Å². The molecule has 0 amide bonds. The van der Waals surface area contributed by atoms with Gasteiger partial charge in [0.05, 0.1) is 0 Å². The maximum absolute atomic E-state index is 11.8. The third-order valence-corrected chi connectivity index (χ3v) is 4.37. The molecule has 0 N–H and O–H groups in total. The molecule has 0 saturated heterocycles. The van der Waals surface area contributed by atoms with Gasteiger partial charge in [0, 0.05) is 35.4 Å². The molecule has 0 heterocycles. The number of carbonyl (C=O) groups is 2. The third kappa shape index (κ3) is 3.75. The van der Waals surface area contributed by atoms with Crippen molar-refractivity contribution in [2.24, 2.45) is 0 Å². The topological polar surface area (TPSA) is 61.8 Å². The van der Waals surface area contributed by atoms with Gasteiger partial charge >= 0.3 is 11.9 Å². The van der Waals surface area contributed by atoms with Crippen LogP contribution in [0, 0.1) is 0 Å². The minimum Gasteiger partial charge on any atom is -0.457 e. The predicted octanol–water partition coefficient (Wildman–Crippen LogP) is 5.64. The summed E-state index contributed by atoms with van der Waals surface area (Å²) in [5.74, 6) is 1.21. The first-order valence-electron chi connectivity index (χ1n) is 9.11. The smallest absolute Gasteiger partial charge is 0.308 e. The van der Waals surface area contributed by atoms with Crippen molar-refractivity contribution in [1.29, 1.82) is 0 Å². The van der Waals surface area contributed by atoms with Crippen LogP contribution in [0.3, 0.4) is 0 Å². The highest BCUT2D eigenvalue weighted by Crippen LogP contribution is 2.44. The predicted molar refractivity (Wildman–Crippen MR) is 111 cm³/mol. The summed E-state index contributed by atoms with van der Waals surface area (Å²) in [6, 6.07) is 22.1. The van der Waals surface area contributed by atoms with Gasteiger partial charge in [0.2, 0.25) is 0 Å². The van der Waals surface area contributed by atoms with E-state index in [1.54, 1.807) is 18.2 Å². The van der Waals surface area contributed by atoms with Crippen molar-refractivity contribution in [2.45, 2.75) is 13.8 Å². The lowest BCUT2D eigenvalue weighted by Gasteiger charge is -2.16. The van der Waals surface area contributed by atoms with Gasteiger partial charge in [-0.3, -0.25) is 9.59 Å². The molecule has 5 heteroatoms. The maximum Gasteiger partial charge on any atom is 0.308 e. The number of fused-ring (bicyclic) bond motifs is 2. The van der Waals surface area contributed by atoms with Crippen molar-refractivity contribution in [1.82, 2.24) is 0 Å². The Hall–Kier alpha value is -3.86. The van der Waals surface area contributed by atoms with Crippen LogP contribution in [-0.2, 0) is 9.59 Å². The zero-order chi connectivity index (χ0) is 20.4. The van der Waals surface area contributed by atoms with Crippen molar-refractivity contribution >= 4 is 33.5 Å². The molecule has 4 rings (SSSR count). The van der Waals surface area contributed by atoms with Gasteiger partial charge in [-0.2, -0.15) is 0 Å². The van der Waals surface area contributed by atoms with Crippen LogP contribution in [0.1, 0.15) is 13.8 Å². The molecular formula is C24H18O5. The standard InChI is InChI=1S/C24H18O5/c1-15(25)27-23-19-10-6-7-11-20(19)24(28-16(2)26)22-14-18(12-13-21(22)23)29-17-8-4-3-5-9-17/h3-14H,1-2H3. The van der Waals surface area contributed by atoms with Crippen molar-refractivity contribution in [3.05, 3.63) is 72.8 Å². The van der Waals surface area contributed by atoms with Gasteiger partial charge in [-0.15, -0.1) is 0 Å². The molecule has 0 fully saturated rings. The minimum absolute atomic E-state index is 0.400. The quantitative estimate of drug-likeness (QED) is 0.258. The average molecular weight is 386 g/mol. The first kappa shape index (κ1) is 18.5. The highest BCUT2D eigenvalue weighted by molar-refractivity contribution is 6.13. The molecule has 0 saturated carbocycles. The Morgan fingerprint density at radius 2 is 1.10 bits per heavy atom. The van der Waals surface area contributed by atoms with Gasteiger partial charge in [0.15, 0.2) is 0 Å². The van der Waals surface area contributed by atoms with E-state index in [0.29, 0.717) is 44.5 Å². The number of esters is 2. The number of carbonyl (C=O) groups excluding carboxylic acids is 2. The van der Waals surface area contributed by atoms with E-state index in [4.69, 9.17) is 14.2 Å². The summed E-state index contributed by atoms with van der Waals surface area (Å²) in [7, 11) is 0. The molecule has 144 valence electrons. The summed E-state index contributed by atoms with van der Waals surface area (Å²) >= 11 is 0. The number of benzene rings is 4. The molecule has 0 bridgehead atoms. The fraction of sp³-hybridized carbons (Fsp3) is 0.0833. The molecule has 0 spiro atoms. The SMILES string of the molecule is CC(=O)Oc1c2ccccc2c(OC(C)=O)c2cc(Oc3ccccc3)ccc12. The molecule has 0 atom stereocenters. The fourth-order valence-corrected chi connectivity index (χ4v) is 3.27. The first-order chi connectivity index (χ1) is 14.0. The molecule has 0 aliphatic rings. The molecule has 0 aliphatic heterocycles. The molecule has 0 aromatic heterocycles. The monoisotopic (exact) mass is 386 g/mol. The zero-order valence-electron chi connectivity index (χ0n) is 16.0. The second-order valence-electron chi connectivity index (χ2n) is 6.51. The van der Waals surface area contributed by atoms with E-state index in [1.165, 1.54) is 13.8 Å². The zero-order valence-corrected chi connectivity index (χ0v) is 16.0. The van der Waals surface area contributed by atoms with Gasteiger partial charge in [-0.25, -0.2) is 0 Å². The molecule has 4 aromatic rings. The van der Waals surface area contributed by atoms with Crippen LogP contribution in [0.4, 0.5) is 0 Å². The largest absolute Gasteiger partial charge is 0.457 e. The van der Waals surface area contributed by atoms with Gasteiger partial charge < -0.3 is 14.2 Å². The molecular weight excluding hydrogens is 368 g/mol. The van der Waals surface area contributed by atoms with Gasteiger partial charge in [-0.05, 0) is 30.3 Å². The number of hydrogen-bond donors (Lipinski definition) is 0. The lowest BCUT2D eigenvalue weighted by molar-refractivity contribution is -0.132. The summed E-state index contributed by atoms with van der Waals surface area (Å²) in [6.45, 7) is 2.71. The van der Waals surface area contributed by atoms with Crippen LogP contribution in [-0.4, -0.2) is 11.9 Å². The number of ether oxygens (including phenoxy) is 3. The molecule has 29 heavy (non-hydrogen) atoms. The van der Waals surface area contributed by atoms with E-state index in [-0.39, 0.29) is 0 Å². The van der Waals surface area contributed by atoms with Crippen LogP contribution < -0.4 is 14.2 Å². The summed E-state index contributed by atoms with van der Waals surface area (Å²) in [6.07, 6.45) is 0. The van der Waals surface area contributed by atoms with Crippen molar-refractivity contribution in [2.75, 3.05) is 0 Å². The first-order valence-corrected chi connectivity index (χ1v) is 9.11. The summed E-state index contributed by atoms with van der Waals surface area (Å²) in [4.78, 5) is 23.5. The minimum atomic E-state index is -0.439. The lowest BCUT2D eigenvalue weighted by atomic mass is 10.00. The summed E-state index contributed by atoms with van der Waals surface area (Å²) in [5.41, 5.74) is 0. The Bertz CT molecular complexity index is 1230. The highest BCUT2D eigenvalue weighted by atomic mass is 16.5. The Kier molecular flexibility index (Phi) is 4.87. The lowest BCUT2D eigenvalue weighted by Crippen LogP contribution is -2.06. The van der Waals surface area contributed by atoms with Crippen molar-refractivity contribution in [3.63, 3.8) is 0 Å². The number of para-hydroxylation sites is 1. The van der Waals surface area contributed by atoms with E-state index in [1.807, 2.05) is 54.6 Å². The van der Waals surface area contributed by atoms with Crippen LogP contribution in [0.25, 0.3) is 21.5 Å². The molecule has 0 aliphatic carbocycles. The Morgan fingerprint density at radius 1 is 0.586 bits per heavy atom. The Labute approximate surface area is 167 Å². The second-order valence-corrected chi connectivity index (χ2v) is 6.51. The van der Waals surface area contributed by atoms with E-state index in [2.05, 4.69) is 0 Å². The summed E-state index contributed by atoms with van der Waals surface area (Å²) < 4.78 is 17.0. The normalized spacial score (nSPS) is 10.7. The van der Waals surface area contributed by atoms with E-state index in [9.17, 15) is 9.59 Å². The highest BCUT2D eigenvalue weighted by Gasteiger charge is 2.19.